The molecule has 0 aliphatic carbocycles. The SMILES string of the molecule is CN1CCN(c2ccc(CCCO)cc2Cl)CC1. The number of hydrogen-bond acceptors (Lipinski definition) is 3. The van der Waals surface area contributed by atoms with Gasteiger partial charge < -0.3 is 14.9 Å². The first-order valence-electron chi connectivity index (χ1n) is 6.53. The first-order valence-corrected chi connectivity index (χ1v) is 6.91. The molecule has 1 aliphatic heterocycles. The van der Waals surface area contributed by atoms with Crippen LogP contribution in [0.15, 0.2) is 18.2 Å². The molecule has 1 aromatic carbocycles. The van der Waals surface area contributed by atoms with E-state index in [1.165, 1.54) is 5.56 Å². The number of rotatable bonds is 4. The first-order chi connectivity index (χ1) is 8.70. The Morgan fingerprint density at radius 1 is 1.22 bits per heavy atom. The maximum absolute atomic E-state index is 8.83. The van der Waals surface area contributed by atoms with Crippen molar-refractivity contribution in [3.63, 3.8) is 0 Å². The molecule has 1 fully saturated rings. The van der Waals surface area contributed by atoms with Crippen LogP contribution in [0.4, 0.5) is 5.69 Å². The lowest BCUT2D eigenvalue weighted by Crippen LogP contribution is -2.44. The molecule has 0 saturated carbocycles. The molecule has 1 N–H and O–H groups in total. The van der Waals surface area contributed by atoms with Crippen molar-refractivity contribution in [2.45, 2.75) is 12.8 Å². The molecule has 2 rings (SSSR count). The third-order valence-electron chi connectivity index (χ3n) is 3.48. The largest absolute Gasteiger partial charge is 0.396 e. The zero-order valence-electron chi connectivity index (χ0n) is 10.9. The van der Waals surface area contributed by atoms with Crippen LogP contribution in [0, 0.1) is 0 Å². The minimum Gasteiger partial charge on any atom is -0.396 e. The van der Waals surface area contributed by atoms with Crippen LogP contribution in [0.1, 0.15) is 12.0 Å². The van der Waals surface area contributed by atoms with E-state index in [9.17, 15) is 0 Å². The third-order valence-corrected chi connectivity index (χ3v) is 3.78. The molecule has 1 saturated heterocycles. The quantitative estimate of drug-likeness (QED) is 0.905. The number of likely N-dealkylation sites (N-methyl/N-ethyl adjacent to an activating group) is 1. The van der Waals surface area contributed by atoms with Gasteiger partial charge in [0.1, 0.15) is 0 Å². The van der Waals surface area contributed by atoms with Crippen LogP contribution < -0.4 is 4.90 Å². The summed E-state index contributed by atoms with van der Waals surface area (Å²) in [5, 5.41) is 9.66. The third kappa shape index (κ3) is 3.37. The second kappa shape index (κ2) is 6.41. The Kier molecular flexibility index (Phi) is 4.87. The van der Waals surface area contributed by atoms with Crippen molar-refractivity contribution in [3.05, 3.63) is 28.8 Å². The van der Waals surface area contributed by atoms with Crippen LogP contribution >= 0.6 is 11.6 Å². The van der Waals surface area contributed by atoms with E-state index >= 15 is 0 Å². The number of anilines is 1. The Morgan fingerprint density at radius 3 is 2.56 bits per heavy atom. The van der Waals surface area contributed by atoms with E-state index in [-0.39, 0.29) is 6.61 Å². The van der Waals surface area contributed by atoms with Gasteiger partial charge in [-0.05, 0) is 37.6 Å². The zero-order chi connectivity index (χ0) is 13.0. The average molecular weight is 269 g/mol. The van der Waals surface area contributed by atoms with Crippen molar-refractivity contribution < 1.29 is 5.11 Å². The van der Waals surface area contributed by atoms with Gasteiger partial charge in [-0.2, -0.15) is 0 Å². The van der Waals surface area contributed by atoms with Gasteiger partial charge in [-0.1, -0.05) is 17.7 Å². The minimum atomic E-state index is 0.234. The Balaban J connectivity index is 2.05. The van der Waals surface area contributed by atoms with Crippen molar-refractivity contribution >= 4 is 17.3 Å². The number of benzene rings is 1. The summed E-state index contributed by atoms with van der Waals surface area (Å²) >= 11 is 6.36. The maximum atomic E-state index is 8.83. The lowest BCUT2D eigenvalue weighted by atomic mass is 10.1. The lowest BCUT2D eigenvalue weighted by Gasteiger charge is -2.34. The molecule has 18 heavy (non-hydrogen) atoms. The molecular weight excluding hydrogens is 248 g/mol. The van der Waals surface area contributed by atoms with Crippen LogP contribution in [-0.2, 0) is 6.42 Å². The molecule has 1 aliphatic rings. The van der Waals surface area contributed by atoms with Crippen LogP contribution in [0.3, 0.4) is 0 Å². The number of nitrogens with zero attached hydrogens (tertiary/aromatic N) is 2. The van der Waals surface area contributed by atoms with E-state index in [0.717, 1.165) is 49.7 Å². The Labute approximate surface area is 114 Å². The minimum absolute atomic E-state index is 0.234. The molecule has 0 atom stereocenters. The molecule has 0 unspecified atom stereocenters. The predicted octanol–water partition coefficient (Wildman–Crippen LogP) is 2.02. The van der Waals surface area contributed by atoms with E-state index in [4.69, 9.17) is 16.7 Å². The van der Waals surface area contributed by atoms with Crippen molar-refractivity contribution in [2.24, 2.45) is 0 Å². The van der Waals surface area contributed by atoms with Gasteiger partial charge in [-0.3, -0.25) is 0 Å². The lowest BCUT2D eigenvalue weighted by molar-refractivity contribution is 0.288. The monoisotopic (exact) mass is 268 g/mol. The summed E-state index contributed by atoms with van der Waals surface area (Å²) in [4.78, 5) is 4.68. The number of hydrogen-bond donors (Lipinski definition) is 1. The molecule has 100 valence electrons. The molecule has 0 radical (unpaired) electrons. The van der Waals surface area contributed by atoms with Crippen LogP contribution in [0.2, 0.25) is 5.02 Å². The molecule has 1 aromatic rings. The predicted molar refractivity (Wildman–Crippen MR) is 76.6 cm³/mol. The van der Waals surface area contributed by atoms with Gasteiger partial charge >= 0.3 is 0 Å². The van der Waals surface area contributed by atoms with Gasteiger partial charge in [0.2, 0.25) is 0 Å². The summed E-state index contributed by atoms with van der Waals surface area (Å²) in [6, 6.07) is 6.26. The Bertz CT molecular complexity index is 389. The molecule has 0 bridgehead atoms. The number of aryl methyl sites for hydroxylation is 1. The van der Waals surface area contributed by atoms with Crippen molar-refractivity contribution in [2.75, 3.05) is 44.7 Å². The summed E-state index contributed by atoms with van der Waals surface area (Å²) in [5.74, 6) is 0. The highest BCUT2D eigenvalue weighted by Crippen LogP contribution is 2.28. The summed E-state index contributed by atoms with van der Waals surface area (Å²) in [7, 11) is 2.15. The molecular formula is C14H21ClN2O. The highest BCUT2D eigenvalue weighted by Gasteiger charge is 2.16. The fraction of sp³-hybridized carbons (Fsp3) is 0.571. The summed E-state index contributed by atoms with van der Waals surface area (Å²) in [6.07, 6.45) is 1.68. The number of halogens is 1. The van der Waals surface area contributed by atoms with E-state index in [2.05, 4.69) is 29.0 Å². The molecule has 0 aromatic heterocycles. The second-order valence-electron chi connectivity index (χ2n) is 4.90. The molecule has 0 amide bonds. The molecule has 0 spiro atoms. The smallest absolute Gasteiger partial charge is 0.0642 e. The second-order valence-corrected chi connectivity index (χ2v) is 5.31. The zero-order valence-corrected chi connectivity index (χ0v) is 11.7. The fourth-order valence-corrected chi connectivity index (χ4v) is 2.62. The highest BCUT2D eigenvalue weighted by molar-refractivity contribution is 6.33. The topological polar surface area (TPSA) is 26.7 Å². The van der Waals surface area contributed by atoms with E-state index in [0.29, 0.717) is 0 Å². The van der Waals surface area contributed by atoms with Gasteiger partial charge in [-0.25, -0.2) is 0 Å². The summed E-state index contributed by atoms with van der Waals surface area (Å²) in [6.45, 7) is 4.47. The van der Waals surface area contributed by atoms with Crippen molar-refractivity contribution in [1.82, 2.24) is 4.90 Å². The standard InChI is InChI=1S/C14H21ClN2O/c1-16-6-8-17(9-7-16)14-5-4-12(3-2-10-18)11-13(14)15/h4-5,11,18H,2-3,6-10H2,1H3. The number of piperazine rings is 1. The normalized spacial score (nSPS) is 17.2. The van der Waals surface area contributed by atoms with Gasteiger partial charge in [0.15, 0.2) is 0 Å². The van der Waals surface area contributed by atoms with Gasteiger partial charge in [-0.15, -0.1) is 0 Å². The van der Waals surface area contributed by atoms with Gasteiger partial charge in [0.25, 0.3) is 0 Å². The van der Waals surface area contributed by atoms with Crippen molar-refractivity contribution in [1.29, 1.82) is 0 Å². The maximum Gasteiger partial charge on any atom is 0.0642 e. The first kappa shape index (κ1) is 13.7. The van der Waals surface area contributed by atoms with Crippen LogP contribution in [0.25, 0.3) is 0 Å². The summed E-state index contributed by atoms with van der Waals surface area (Å²) in [5.41, 5.74) is 2.34. The van der Waals surface area contributed by atoms with E-state index in [1.54, 1.807) is 0 Å². The molecule has 1 heterocycles. The van der Waals surface area contributed by atoms with E-state index in [1.807, 2.05) is 6.07 Å². The van der Waals surface area contributed by atoms with Gasteiger partial charge in [0.05, 0.1) is 10.7 Å². The number of aliphatic hydroxyl groups excluding tert-OH is 1. The van der Waals surface area contributed by atoms with Crippen LogP contribution in [-0.4, -0.2) is 49.8 Å². The van der Waals surface area contributed by atoms with Gasteiger partial charge in [0, 0.05) is 32.8 Å². The highest BCUT2D eigenvalue weighted by atomic mass is 35.5. The summed E-state index contributed by atoms with van der Waals surface area (Å²) < 4.78 is 0. The molecule has 4 heteroatoms. The van der Waals surface area contributed by atoms with Crippen LogP contribution in [0.5, 0.6) is 0 Å². The fourth-order valence-electron chi connectivity index (χ4n) is 2.29. The van der Waals surface area contributed by atoms with E-state index < -0.39 is 0 Å². The van der Waals surface area contributed by atoms with Crippen molar-refractivity contribution in [3.8, 4) is 0 Å². The average Bonchev–Trinajstić information content (AvgIpc) is 2.38. The number of aliphatic hydroxyl groups is 1. The molecule has 3 nitrogen and oxygen atoms in total. The Morgan fingerprint density at radius 2 is 1.94 bits per heavy atom. The Hall–Kier alpha value is -0.770.